The summed E-state index contributed by atoms with van der Waals surface area (Å²) in [5.74, 6) is 0. The van der Waals surface area contributed by atoms with E-state index in [9.17, 15) is 13.2 Å². The summed E-state index contributed by atoms with van der Waals surface area (Å²) in [6.45, 7) is 1.90. The number of ether oxygens (including phenoxy) is 1. The molecule has 0 aromatic heterocycles. The van der Waals surface area contributed by atoms with Gasteiger partial charge in [-0.3, -0.25) is 0 Å². The van der Waals surface area contributed by atoms with Crippen LogP contribution in [0.1, 0.15) is 24.0 Å². The minimum Gasteiger partial charge on any atom is -0.381 e. The summed E-state index contributed by atoms with van der Waals surface area (Å²) in [5, 5.41) is 0. The Bertz CT molecular complexity index is 408. The molecule has 5 heteroatoms. The number of alkyl halides is 3. The van der Waals surface area contributed by atoms with Gasteiger partial charge in [0, 0.05) is 13.2 Å². The van der Waals surface area contributed by atoms with Crippen molar-refractivity contribution in [2.45, 2.75) is 25.4 Å². The Balaban J connectivity index is 2.10. The molecule has 1 aromatic rings. The SMILES string of the molecule is NCC1(Cc2ccc(C(F)(F)F)cc2)CCOCC1. The van der Waals surface area contributed by atoms with E-state index < -0.39 is 11.7 Å². The third-order valence-corrected chi connectivity index (χ3v) is 3.85. The first-order valence-electron chi connectivity index (χ1n) is 6.39. The topological polar surface area (TPSA) is 35.2 Å². The molecule has 2 nitrogen and oxygen atoms in total. The van der Waals surface area contributed by atoms with Gasteiger partial charge in [-0.15, -0.1) is 0 Å². The normalized spacial score (nSPS) is 19.4. The van der Waals surface area contributed by atoms with Gasteiger partial charge in [0.15, 0.2) is 0 Å². The molecule has 1 saturated heterocycles. The summed E-state index contributed by atoms with van der Waals surface area (Å²) in [6.07, 6.45) is -1.83. The summed E-state index contributed by atoms with van der Waals surface area (Å²) in [4.78, 5) is 0. The van der Waals surface area contributed by atoms with Gasteiger partial charge in [-0.25, -0.2) is 0 Å². The molecule has 1 aliphatic heterocycles. The van der Waals surface area contributed by atoms with Gasteiger partial charge in [-0.2, -0.15) is 13.2 Å². The van der Waals surface area contributed by atoms with Crippen LogP contribution in [0.4, 0.5) is 13.2 Å². The summed E-state index contributed by atoms with van der Waals surface area (Å²) in [5.41, 5.74) is 6.12. The molecule has 1 aliphatic rings. The Morgan fingerprint density at radius 2 is 1.68 bits per heavy atom. The number of halogens is 3. The molecule has 0 aliphatic carbocycles. The highest BCUT2D eigenvalue weighted by Gasteiger charge is 2.33. The minimum absolute atomic E-state index is 0.0298. The van der Waals surface area contributed by atoms with E-state index >= 15 is 0 Å². The van der Waals surface area contributed by atoms with Gasteiger partial charge in [0.05, 0.1) is 5.56 Å². The summed E-state index contributed by atoms with van der Waals surface area (Å²) >= 11 is 0. The molecule has 106 valence electrons. The molecular weight excluding hydrogens is 255 g/mol. The van der Waals surface area contributed by atoms with E-state index in [-0.39, 0.29) is 5.41 Å². The zero-order valence-electron chi connectivity index (χ0n) is 10.7. The van der Waals surface area contributed by atoms with Crippen molar-refractivity contribution in [3.05, 3.63) is 35.4 Å². The molecule has 0 radical (unpaired) electrons. The fourth-order valence-corrected chi connectivity index (χ4v) is 2.50. The number of benzene rings is 1. The van der Waals surface area contributed by atoms with Gasteiger partial charge < -0.3 is 10.5 Å². The fraction of sp³-hybridized carbons (Fsp3) is 0.571. The van der Waals surface area contributed by atoms with E-state index in [4.69, 9.17) is 10.5 Å². The van der Waals surface area contributed by atoms with E-state index in [0.717, 1.165) is 30.5 Å². The molecule has 0 spiro atoms. The summed E-state index contributed by atoms with van der Waals surface area (Å²) in [6, 6.07) is 5.38. The second-order valence-electron chi connectivity index (χ2n) is 5.19. The molecule has 1 aromatic carbocycles. The quantitative estimate of drug-likeness (QED) is 0.918. The molecule has 0 bridgehead atoms. The second kappa shape index (κ2) is 5.51. The van der Waals surface area contributed by atoms with Crippen LogP contribution in [0.25, 0.3) is 0 Å². The van der Waals surface area contributed by atoms with Crippen LogP contribution in [-0.2, 0) is 17.3 Å². The number of nitrogens with two attached hydrogens (primary N) is 1. The largest absolute Gasteiger partial charge is 0.416 e. The molecule has 19 heavy (non-hydrogen) atoms. The lowest BCUT2D eigenvalue weighted by atomic mass is 9.75. The highest BCUT2D eigenvalue weighted by molar-refractivity contribution is 5.25. The third-order valence-electron chi connectivity index (χ3n) is 3.85. The Labute approximate surface area is 110 Å². The lowest BCUT2D eigenvalue weighted by Gasteiger charge is -2.36. The van der Waals surface area contributed by atoms with Crippen molar-refractivity contribution in [2.75, 3.05) is 19.8 Å². The molecule has 1 fully saturated rings. The molecule has 2 rings (SSSR count). The van der Waals surface area contributed by atoms with E-state index in [2.05, 4.69) is 0 Å². The van der Waals surface area contributed by atoms with Gasteiger partial charge in [0.2, 0.25) is 0 Å². The monoisotopic (exact) mass is 273 g/mol. The average molecular weight is 273 g/mol. The van der Waals surface area contributed by atoms with Crippen LogP contribution in [-0.4, -0.2) is 19.8 Å². The van der Waals surface area contributed by atoms with Gasteiger partial charge >= 0.3 is 6.18 Å². The Kier molecular flexibility index (Phi) is 4.16. The molecule has 0 saturated carbocycles. The number of hydrogen-bond acceptors (Lipinski definition) is 2. The Morgan fingerprint density at radius 3 is 2.16 bits per heavy atom. The fourth-order valence-electron chi connectivity index (χ4n) is 2.50. The molecule has 0 amide bonds. The smallest absolute Gasteiger partial charge is 0.381 e. The second-order valence-corrected chi connectivity index (χ2v) is 5.19. The molecule has 0 unspecified atom stereocenters. The van der Waals surface area contributed by atoms with Crippen LogP contribution in [0, 0.1) is 5.41 Å². The predicted octanol–water partition coefficient (Wildman–Crippen LogP) is 3.00. The van der Waals surface area contributed by atoms with Gasteiger partial charge in [0.25, 0.3) is 0 Å². The van der Waals surface area contributed by atoms with Crippen LogP contribution in [0.15, 0.2) is 24.3 Å². The minimum atomic E-state index is -4.28. The molecule has 2 N–H and O–H groups in total. The molecule has 0 atom stereocenters. The van der Waals surface area contributed by atoms with E-state index in [1.54, 1.807) is 12.1 Å². The first kappa shape index (κ1) is 14.3. The summed E-state index contributed by atoms with van der Waals surface area (Å²) in [7, 11) is 0. The highest BCUT2D eigenvalue weighted by Crippen LogP contribution is 2.34. The number of rotatable bonds is 3. The maximum atomic E-state index is 12.5. The molecule has 1 heterocycles. The van der Waals surface area contributed by atoms with Crippen LogP contribution in [0.2, 0.25) is 0 Å². The van der Waals surface area contributed by atoms with Crippen molar-refractivity contribution in [3.63, 3.8) is 0 Å². The number of hydrogen-bond donors (Lipinski definition) is 1. The van der Waals surface area contributed by atoms with E-state index in [1.807, 2.05) is 0 Å². The van der Waals surface area contributed by atoms with Gasteiger partial charge in [-0.1, -0.05) is 12.1 Å². The van der Waals surface area contributed by atoms with Crippen LogP contribution < -0.4 is 5.73 Å². The standard InChI is InChI=1S/C14H18F3NO/c15-14(16,17)12-3-1-11(2-4-12)9-13(10-18)5-7-19-8-6-13/h1-4H,5-10,18H2. The van der Waals surface area contributed by atoms with Crippen molar-refractivity contribution in [1.29, 1.82) is 0 Å². The predicted molar refractivity (Wildman–Crippen MR) is 66.7 cm³/mol. The molecular formula is C14H18F3NO. The lowest BCUT2D eigenvalue weighted by molar-refractivity contribution is -0.137. The maximum absolute atomic E-state index is 12.5. The summed E-state index contributed by atoms with van der Waals surface area (Å²) < 4.78 is 42.8. The lowest BCUT2D eigenvalue weighted by Crippen LogP contribution is -2.38. The van der Waals surface area contributed by atoms with Crippen LogP contribution in [0.3, 0.4) is 0 Å². The van der Waals surface area contributed by atoms with Crippen LogP contribution in [0.5, 0.6) is 0 Å². The zero-order valence-corrected chi connectivity index (χ0v) is 10.7. The van der Waals surface area contributed by atoms with Crippen molar-refractivity contribution in [3.8, 4) is 0 Å². The third kappa shape index (κ3) is 3.48. The van der Waals surface area contributed by atoms with E-state index in [0.29, 0.717) is 26.2 Å². The van der Waals surface area contributed by atoms with Crippen LogP contribution >= 0.6 is 0 Å². The van der Waals surface area contributed by atoms with Gasteiger partial charge in [0.1, 0.15) is 0 Å². The van der Waals surface area contributed by atoms with E-state index in [1.165, 1.54) is 0 Å². The first-order chi connectivity index (χ1) is 8.95. The first-order valence-corrected chi connectivity index (χ1v) is 6.39. The maximum Gasteiger partial charge on any atom is 0.416 e. The van der Waals surface area contributed by atoms with Gasteiger partial charge in [-0.05, 0) is 48.9 Å². The Hall–Kier alpha value is -1.07. The highest BCUT2D eigenvalue weighted by atomic mass is 19.4. The van der Waals surface area contributed by atoms with Crippen molar-refractivity contribution < 1.29 is 17.9 Å². The van der Waals surface area contributed by atoms with Crippen molar-refractivity contribution in [1.82, 2.24) is 0 Å². The van der Waals surface area contributed by atoms with Crippen molar-refractivity contribution in [2.24, 2.45) is 11.1 Å². The average Bonchev–Trinajstić information content (AvgIpc) is 2.39. The van der Waals surface area contributed by atoms with Crippen molar-refractivity contribution >= 4 is 0 Å². The zero-order chi connectivity index (χ0) is 13.9. The Morgan fingerprint density at radius 1 is 1.11 bits per heavy atom.